The highest BCUT2D eigenvalue weighted by atomic mass is 35.5. The number of halogens is 1. The van der Waals surface area contributed by atoms with E-state index in [4.69, 9.17) is 16.3 Å². The monoisotopic (exact) mass is 351 g/mol. The molecule has 0 aromatic heterocycles. The third-order valence-corrected chi connectivity index (χ3v) is 5.65. The van der Waals surface area contributed by atoms with Crippen LogP contribution in [0.1, 0.15) is 26.7 Å². The van der Waals surface area contributed by atoms with E-state index in [0.717, 1.165) is 42.5 Å². The van der Waals surface area contributed by atoms with Crippen LogP contribution in [0.2, 0.25) is 5.02 Å². The maximum atomic E-state index is 12.8. The first-order chi connectivity index (χ1) is 10.9. The summed E-state index contributed by atoms with van der Waals surface area (Å²) in [5.41, 5.74) is 1.21. The average Bonchev–Trinajstić information content (AvgIpc) is 2.52. The maximum Gasteiger partial charge on any atom is 0.171 e. The fourth-order valence-corrected chi connectivity index (χ4v) is 4.24. The van der Waals surface area contributed by atoms with E-state index in [9.17, 15) is 4.79 Å². The van der Waals surface area contributed by atoms with Crippen LogP contribution in [0.15, 0.2) is 39.8 Å². The largest absolute Gasteiger partial charge is 0.378 e. The van der Waals surface area contributed by atoms with Gasteiger partial charge in [-0.25, -0.2) is 0 Å². The number of Topliss-reactive ketones (excluding diaryl/α,β-unsaturated/α-hetero) is 1. The Morgan fingerprint density at radius 1 is 1.13 bits per heavy atom. The first kappa shape index (κ1) is 16.9. The van der Waals surface area contributed by atoms with E-state index in [0.29, 0.717) is 11.4 Å². The van der Waals surface area contributed by atoms with Crippen LogP contribution >= 0.6 is 23.4 Å². The standard InChI is InChI=1S/C18H22ClNO2S/c1-18(2)11-15(20-7-9-22-10-8-20)17(16(21)12-18)23-14-5-3-13(19)4-6-14/h3-6H,7-12H2,1-2H3. The lowest BCUT2D eigenvalue weighted by atomic mass is 9.78. The van der Waals surface area contributed by atoms with Crippen molar-refractivity contribution in [3.63, 3.8) is 0 Å². The quantitative estimate of drug-likeness (QED) is 0.809. The molecule has 0 amide bonds. The Labute approximate surface area is 147 Å². The van der Waals surface area contributed by atoms with Gasteiger partial charge in [0.05, 0.1) is 18.1 Å². The molecule has 3 rings (SSSR count). The molecule has 23 heavy (non-hydrogen) atoms. The molecule has 1 fully saturated rings. The molecule has 1 aromatic carbocycles. The fraction of sp³-hybridized carbons (Fsp3) is 0.500. The van der Waals surface area contributed by atoms with Crippen molar-refractivity contribution in [3.05, 3.63) is 39.9 Å². The highest BCUT2D eigenvalue weighted by Crippen LogP contribution is 2.44. The van der Waals surface area contributed by atoms with E-state index in [1.54, 1.807) is 11.8 Å². The Morgan fingerprint density at radius 2 is 1.78 bits per heavy atom. The Bertz CT molecular complexity index is 618. The second-order valence-electron chi connectivity index (χ2n) is 6.87. The van der Waals surface area contributed by atoms with E-state index in [-0.39, 0.29) is 11.2 Å². The van der Waals surface area contributed by atoms with Crippen molar-refractivity contribution < 1.29 is 9.53 Å². The zero-order valence-electron chi connectivity index (χ0n) is 13.6. The molecule has 5 heteroatoms. The molecule has 2 aliphatic rings. The molecule has 0 radical (unpaired) electrons. The number of hydrogen-bond acceptors (Lipinski definition) is 4. The predicted octanol–water partition coefficient (Wildman–Crippen LogP) is 4.37. The van der Waals surface area contributed by atoms with E-state index < -0.39 is 0 Å². The number of rotatable bonds is 3. The van der Waals surface area contributed by atoms with Gasteiger partial charge < -0.3 is 9.64 Å². The van der Waals surface area contributed by atoms with Crippen LogP contribution in [0, 0.1) is 5.41 Å². The minimum absolute atomic E-state index is 0.0226. The molecule has 124 valence electrons. The molecule has 0 bridgehead atoms. The Kier molecular flexibility index (Phi) is 5.04. The third kappa shape index (κ3) is 4.11. The van der Waals surface area contributed by atoms with Gasteiger partial charge >= 0.3 is 0 Å². The van der Waals surface area contributed by atoms with Gasteiger partial charge in [0.25, 0.3) is 0 Å². The molecular formula is C18H22ClNO2S. The van der Waals surface area contributed by atoms with E-state index >= 15 is 0 Å². The van der Waals surface area contributed by atoms with Crippen LogP contribution in [-0.4, -0.2) is 37.0 Å². The number of benzene rings is 1. The summed E-state index contributed by atoms with van der Waals surface area (Å²) in [6, 6.07) is 7.69. The Hall–Kier alpha value is -0.970. The minimum Gasteiger partial charge on any atom is -0.378 e. The van der Waals surface area contributed by atoms with Crippen molar-refractivity contribution in [2.24, 2.45) is 5.41 Å². The number of ether oxygens (including phenoxy) is 1. The van der Waals surface area contributed by atoms with E-state index in [1.807, 2.05) is 24.3 Å². The molecule has 3 nitrogen and oxygen atoms in total. The van der Waals surface area contributed by atoms with Crippen LogP contribution in [0.4, 0.5) is 0 Å². The molecule has 1 aliphatic carbocycles. The molecule has 1 aromatic rings. The number of thioether (sulfide) groups is 1. The molecule has 0 saturated carbocycles. The van der Waals surface area contributed by atoms with Crippen molar-refractivity contribution >= 4 is 29.1 Å². The van der Waals surface area contributed by atoms with Crippen LogP contribution in [0.5, 0.6) is 0 Å². The molecule has 1 saturated heterocycles. The normalized spacial score (nSPS) is 21.7. The number of ketones is 1. The number of nitrogens with zero attached hydrogens (tertiary/aromatic N) is 1. The van der Waals surface area contributed by atoms with Gasteiger partial charge in [0, 0.05) is 35.1 Å². The average molecular weight is 352 g/mol. The lowest BCUT2D eigenvalue weighted by molar-refractivity contribution is -0.117. The maximum absolute atomic E-state index is 12.8. The zero-order chi connectivity index (χ0) is 16.4. The molecule has 0 atom stereocenters. The van der Waals surface area contributed by atoms with Gasteiger partial charge in [-0.05, 0) is 36.1 Å². The first-order valence-electron chi connectivity index (χ1n) is 7.97. The SMILES string of the molecule is CC1(C)CC(=O)C(Sc2ccc(Cl)cc2)=C(N2CCOCC2)C1. The number of allylic oxidation sites excluding steroid dienone is 2. The number of carbonyl (C=O) groups excluding carboxylic acids is 1. The van der Waals surface area contributed by atoms with Crippen LogP contribution in [0.3, 0.4) is 0 Å². The van der Waals surface area contributed by atoms with Crippen molar-refractivity contribution in [1.82, 2.24) is 4.90 Å². The van der Waals surface area contributed by atoms with Gasteiger partial charge in [-0.15, -0.1) is 0 Å². The second kappa shape index (κ2) is 6.88. The van der Waals surface area contributed by atoms with Gasteiger partial charge in [0.15, 0.2) is 5.78 Å². The van der Waals surface area contributed by atoms with E-state index in [2.05, 4.69) is 18.7 Å². The highest BCUT2D eigenvalue weighted by molar-refractivity contribution is 8.04. The number of hydrogen-bond donors (Lipinski definition) is 0. The number of morpholine rings is 1. The van der Waals surface area contributed by atoms with Gasteiger partial charge in [-0.2, -0.15) is 0 Å². The summed E-state index contributed by atoms with van der Waals surface area (Å²) in [6.07, 6.45) is 1.55. The summed E-state index contributed by atoms with van der Waals surface area (Å²) < 4.78 is 5.47. The summed E-state index contributed by atoms with van der Waals surface area (Å²) in [5.74, 6) is 0.252. The highest BCUT2D eigenvalue weighted by Gasteiger charge is 2.35. The van der Waals surface area contributed by atoms with E-state index in [1.165, 1.54) is 5.70 Å². The van der Waals surface area contributed by atoms with Gasteiger partial charge in [0.2, 0.25) is 0 Å². The summed E-state index contributed by atoms with van der Waals surface area (Å²) in [6.45, 7) is 7.55. The molecule has 0 N–H and O–H groups in total. The molecule has 0 spiro atoms. The van der Waals surface area contributed by atoms with Crippen molar-refractivity contribution in [2.75, 3.05) is 26.3 Å². The van der Waals surface area contributed by atoms with Gasteiger partial charge in [-0.3, -0.25) is 4.79 Å². The summed E-state index contributed by atoms with van der Waals surface area (Å²) in [4.78, 5) is 17.1. The Balaban J connectivity index is 1.93. The second-order valence-corrected chi connectivity index (χ2v) is 8.39. The van der Waals surface area contributed by atoms with Crippen LogP contribution in [-0.2, 0) is 9.53 Å². The molecule has 1 aliphatic heterocycles. The minimum atomic E-state index is 0.0226. The molecule has 1 heterocycles. The summed E-state index contributed by atoms with van der Waals surface area (Å²) in [7, 11) is 0. The summed E-state index contributed by atoms with van der Waals surface area (Å²) >= 11 is 7.53. The predicted molar refractivity (Wildman–Crippen MR) is 94.7 cm³/mol. The van der Waals surface area contributed by atoms with Crippen molar-refractivity contribution in [3.8, 4) is 0 Å². The molecule has 0 unspecified atom stereocenters. The summed E-state index contributed by atoms with van der Waals surface area (Å²) in [5, 5.41) is 0.716. The van der Waals surface area contributed by atoms with Gasteiger partial charge in [-0.1, -0.05) is 37.2 Å². The zero-order valence-corrected chi connectivity index (χ0v) is 15.2. The van der Waals surface area contributed by atoms with Gasteiger partial charge in [0.1, 0.15) is 0 Å². The first-order valence-corrected chi connectivity index (χ1v) is 9.16. The third-order valence-electron chi connectivity index (χ3n) is 4.23. The van der Waals surface area contributed by atoms with Crippen LogP contribution in [0.25, 0.3) is 0 Å². The Morgan fingerprint density at radius 3 is 2.43 bits per heavy atom. The lowest BCUT2D eigenvalue weighted by Crippen LogP contribution is -2.40. The van der Waals surface area contributed by atoms with Crippen LogP contribution < -0.4 is 0 Å². The van der Waals surface area contributed by atoms with Crippen molar-refractivity contribution in [1.29, 1.82) is 0 Å². The lowest BCUT2D eigenvalue weighted by Gasteiger charge is -2.39. The topological polar surface area (TPSA) is 29.5 Å². The van der Waals surface area contributed by atoms with Crippen molar-refractivity contribution in [2.45, 2.75) is 31.6 Å². The number of carbonyl (C=O) groups is 1. The smallest absolute Gasteiger partial charge is 0.171 e. The molecular weight excluding hydrogens is 330 g/mol. The fourth-order valence-electron chi connectivity index (χ4n) is 3.10.